The van der Waals surface area contributed by atoms with Crippen LogP contribution in [0.25, 0.3) is 0 Å². The van der Waals surface area contributed by atoms with Crippen LogP contribution in [0.5, 0.6) is 0 Å². The molecule has 0 aliphatic rings. The van der Waals surface area contributed by atoms with Crippen molar-refractivity contribution in [1.82, 2.24) is 10.6 Å². The molecule has 0 bridgehead atoms. The number of guanidine groups is 1. The van der Waals surface area contributed by atoms with E-state index in [0.29, 0.717) is 30.4 Å². The Labute approximate surface area is 188 Å². The Kier molecular flexibility index (Phi) is 10.4. The largest absolute Gasteiger partial charge is 0.383 e. The molecule has 3 N–H and O–H groups in total. The minimum atomic E-state index is -3.27. The number of benzene rings is 1. The molecule has 156 valence electrons. The number of halogens is 1. The van der Waals surface area contributed by atoms with Crippen LogP contribution in [0.3, 0.4) is 0 Å². The predicted octanol–water partition coefficient (Wildman–Crippen LogP) is 2.99. The van der Waals surface area contributed by atoms with Gasteiger partial charge in [0.2, 0.25) is 0 Å². The van der Waals surface area contributed by atoms with Gasteiger partial charge in [0, 0.05) is 18.0 Å². The first-order chi connectivity index (χ1) is 12.8. The Morgan fingerprint density at radius 1 is 1.18 bits per heavy atom. The molecule has 1 atom stereocenters. The van der Waals surface area contributed by atoms with Crippen molar-refractivity contribution in [3.05, 3.63) is 52.7 Å². The van der Waals surface area contributed by atoms with Crippen LogP contribution in [0.4, 0.5) is 0 Å². The molecule has 9 heteroatoms. The SMILES string of the molecule is CCNC(=NCC(C)(O)c1cccs1)NCCCS(=O)(=O)c1ccccc1.I. The van der Waals surface area contributed by atoms with E-state index in [9.17, 15) is 13.5 Å². The van der Waals surface area contributed by atoms with Crippen molar-refractivity contribution in [3.63, 3.8) is 0 Å². The first kappa shape index (κ1) is 24.9. The zero-order chi connectivity index (χ0) is 19.8. The zero-order valence-corrected chi connectivity index (χ0v) is 20.1. The molecule has 0 aliphatic carbocycles. The second-order valence-electron chi connectivity index (χ2n) is 6.36. The lowest BCUT2D eigenvalue weighted by atomic mass is 10.1. The average Bonchev–Trinajstić information content (AvgIpc) is 3.20. The molecule has 1 heterocycles. The molecule has 6 nitrogen and oxygen atoms in total. The normalized spacial score (nSPS) is 14.0. The van der Waals surface area contributed by atoms with Gasteiger partial charge in [-0.15, -0.1) is 35.3 Å². The van der Waals surface area contributed by atoms with Crippen LogP contribution >= 0.6 is 35.3 Å². The summed E-state index contributed by atoms with van der Waals surface area (Å²) in [5.41, 5.74) is -1.03. The van der Waals surface area contributed by atoms with Crippen LogP contribution in [0, 0.1) is 0 Å². The molecule has 1 aromatic heterocycles. The molecular formula is C19H28IN3O3S2. The molecular weight excluding hydrogens is 509 g/mol. The molecule has 0 radical (unpaired) electrons. The fourth-order valence-corrected chi connectivity index (χ4v) is 4.56. The van der Waals surface area contributed by atoms with E-state index in [1.807, 2.05) is 24.4 Å². The maximum absolute atomic E-state index is 12.3. The lowest BCUT2D eigenvalue weighted by Gasteiger charge is -2.20. The van der Waals surface area contributed by atoms with E-state index >= 15 is 0 Å². The zero-order valence-electron chi connectivity index (χ0n) is 16.1. The van der Waals surface area contributed by atoms with Crippen LogP contribution < -0.4 is 10.6 Å². The minimum absolute atomic E-state index is 0. The Morgan fingerprint density at radius 3 is 2.50 bits per heavy atom. The van der Waals surface area contributed by atoms with Gasteiger partial charge in [-0.1, -0.05) is 24.3 Å². The van der Waals surface area contributed by atoms with E-state index in [1.165, 1.54) is 11.3 Å². The number of aliphatic hydroxyl groups is 1. The fraction of sp³-hybridized carbons (Fsp3) is 0.421. The third-order valence-corrected chi connectivity index (χ3v) is 6.87. The topological polar surface area (TPSA) is 90.8 Å². The first-order valence-electron chi connectivity index (χ1n) is 8.91. The van der Waals surface area contributed by atoms with E-state index < -0.39 is 15.4 Å². The number of nitrogens with one attached hydrogen (secondary N) is 2. The van der Waals surface area contributed by atoms with Gasteiger partial charge in [0.05, 0.1) is 17.2 Å². The number of aliphatic imine (C=N–C) groups is 1. The second kappa shape index (κ2) is 11.7. The predicted molar refractivity (Wildman–Crippen MR) is 126 cm³/mol. The van der Waals surface area contributed by atoms with Crippen LogP contribution in [0.1, 0.15) is 25.1 Å². The smallest absolute Gasteiger partial charge is 0.191 e. The highest BCUT2D eigenvalue weighted by molar-refractivity contribution is 14.0. The highest BCUT2D eigenvalue weighted by Gasteiger charge is 2.24. The highest BCUT2D eigenvalue weighted by atomic mass is 127. The van der Waals surface area contributed by atoms with Crippen molar-refractivity contribution in [1.29, 1.82) is 0 Å². The fourth-order valence-electron chi connectivity index (χ4n) is 2.45. The van der Waals surface area contributed by atoms with Crippen molar-refractivity contribution < 1.29 is 13.5 Å². The highest BCUT2D eigenvalue weighted by Crippen LogP contribution is 2.25. The average molecular weight is 537 g/mol. The van der Waals surface area contributed by atoms with Gasteiger partial charge < -0.3 is 15.7 Å². The molecule has 0 spiro atoms. The molecule has 0 saturated heterocycles. The lowest BCUT2D eigenvalue weighted by Crippen LogP contribution is -2.39. The Bertz CT molecular complexity index is 823. The molecule has 2 aromatic rings. The summed E-state index contributed by atoms with van der Waals surface area (Å²) < 4.78 is 24.6. The van der Waals surface area contributed by atoms with Crippen molar-refractivity contribution in [2.75, 3.05) is 25.4 Å². The number of rotatable bonds is 9. The molecule has 1 aromatic carbocycles. The van der Waals surface area contributed by atoms with E-state index in [2.05, 4.69) is 15.6 Å². The number of hydrogen-bond acceptors (Lipinski definition) is 5. The van der Waals surface area contributed by atoms with Gasteiger partial charge in [-0.05, 0) is 43.8 Å². The van der Waals surface area contributed by atoms with E-state index in [1.54, 1.807) is 37.3 Å². The third kappa shape index (κ3) is 7.69. The van der Waals surface area contributed by atoms with Crippen molar-refractivity contribution in [2.24, 2.45) is 4.99 Å². The summed E-state index contributed by atoms with van der Waals surface area (Å²) in [6.45, 7) is 5.05. The van der Waals surface area contributed by atoms with Crippen LogP contribution in [0.15, 0.2) is 57.7 Å². The maximum Gasteiger partial charge on any atom is 0.191 e. The molecule has 0 aliphatic heterocycles. The summed E-state index contributed by atoms with van der Waals surface area (Å²) in [6, 6.07) is 12.2. The quantitative estimate of drug-likeness (QED) is 0.198. The summed E-state index contributed by atoms with van der Waals surface area (Å²) in [6.07, 6.45) is 0.461. The minimum Gasteiger partial charge on any atom is -0.383 e. The number of hydrogen-bond donors (Lipinski definition) is 3. The van der Waals surface area contributed by atoms with Gasteiger partial charge in [-0.2, -0.15) is 0 Å². The summed E-state index contributed by atoms with van der Waals surface area (Å²) in [7, 11) is -3.27. The van der Waals surface area contributed by atoms with Crippen LogP contribution in [-0.2, 0) is 15.4 Å². The first-order valence-corrected chi connectivity index (χ1v) is 11.4. The molecule has 28 heavy (non-hydrogen) atoms. The van der Waals surface area contributed by atoms with Crippen molar-refractivity contribution >= 4 is 51.1 Å². The van der Waals surface area contributed by atoms with E-state index in [-0.39, 0.29) is 36.3 Å². The van der Waals surface area contributed by atoms with Crippen LogP contribution in [-0.4, -0.2) is 44.9 Å². The van der Waals surface area contributed by atoms with Crippen molar-refractivity contribution in [3.8, 4) is 0 Å². The molecule has 1 unspecified atom stereocenters. The molecule has 0 fully saturated rings. The number of sulfone groups is 1. The summed E-state index contributed by atoms with van der Waals surface area (Å²) in [5, 5.41) is 18.7. The number of nitrogens with zero attached hydrogens (tertiary/aromatic N) is 1. The Balaban J connectivity index is 0.00000392. The van der Waals surface area contributed by atoms with E-state index in [4.69, 9.17) is 0 Å². The summed E-state index contributed by atoms with van der Waals surface area (Å²) >= 11 is 1.49. The van der Waals surface area contributed by atoms with E-state index in [0.717, 1.165) is 4.88 Å². The molecule has 0 saturated carbocycles. The summed E-state index contributed by atoms with van der Waals surface area (Å²) in [4.78, 5) is 5.64. The maximum atomic E-state index is 12.3. The second-order valence-corrected chi connectivity index (χ2v) is 9.42. The third-order valence-electron chi connectivity index (χ3n) is 3.93. The Hall–Kier alpha value is -1.17. The van der Waals surface area contributed by atoms with Gasteiger partial charge in [0.1, 0.15) is 5.60 Å². The van der Waals surface area contributed by atoms with Gasteiger partial charge in [-0.25, -0.2) is 13.4 Å². The van der Waals surface area contributed by atoms with Gasteiger partial charge in [0.25, 0.3) is 0 Å². The van der Waals surface area contributed by atoms with Gasteiger partial charge in [0.15, 0.2) is 15.8 Å². The monoisotopic (exact) mass is 537 g/mol. The van der Waals surface area contributed by atoms with Gasteiger partial charge >= 0.3 is 0 Å². The van der Waals surface area contributed by atoms with Gasteiger partial charge in [-0.3, -0.25) is 0 Å². The number of thiophene rings is 1. The molecule has 2 rings (SSSR count). The summed E-state index contributed by atoms with van der Waals surface area (Å²) in [5.74, 6) is 0.627. The molecule has 0 amide bonds. The van der Waals surface area contributed by atoms with Crippen molar-refractivity contribution in [2.45, 2.75) is 30.8 Å². The standard InChI is InChI=1S/C19H27N3O3S2.HI/c1-3-20-18(22-15-19(2,23)17-11-7-13-26-17)21-12-8-14-27(24,25)16-9-5-4-6-10-16;/h4-7,9-11,13,23H,3,8,12,14-15H2,1-2H3,(H2,20,21,22);1H. The lowest BCUT2D eigenvalue weighted by molar-refractivity contribution is 0.0711. The van der Waals surface area contributed by atoms with Crippen LogP contribution in [0.2, 0.25) is 0 Å². The Morgan fingerprint density at radius 2 is 1.89 bits per heavy atom.